The van der Waals surface area contributed by atoms with E-state index in [1.807, 2.05) is 63.0 Å². The van der Waals surface area contributed by atoms with Gasteiger partial charge in [-0.1, -0.05) is 82.8 Å². The zero-order valence-corrected chi connectivity index (χ0v) is 38.0. The first-order valence-electron chi connectivity index (χ1n) is 19.0. The summed E-state index contributed by atoms with van der Waals surface area (Å²) in [5.41, 5.74) is 13.4. The van der Waals surface area contributed by atoms with Gasteiger partial charge in [-0.25, -0.2) is 18.4 Å². The molecule has 8 aromatic heterocycles. The third kappa shape index (κ3) is 11.3. The maximum atomic E-state index is 12.6. The summed E-state index contributed by atoms with van der Waals surface area (Å²) in [5, 5.41) is 27.0. The van der Waals surface area contributed by atoms with E-state index in [0.717, 1.165) is 67.0 Å². The molecule has 2 aromatic carbocycles. The number of anilines is 4. The lowest BCUT2D eigenvalue weighted by atomic mass is 10.1. The van der Waals surface area contributed by atoms with Gasteiger partial charge in [0.1, 0.15) is 11.0 Å². The van der Waals surface area contributed by atoms with Crippen LogP contribution in [0.25, 0.3) is 44.3 Å². The molecular weight excluding hydrogens is 930 g/mol. The van der Waals surface area contributed by atoms with Gasteiger partial charge < -0.3 is 11.1 Å². The predicted molar refractivity (Wildman–Crippen MR) is 251 cm³/mol. The van der Waals surface area contributed by atoms with Crippen LogP contribution in [-0.4, -0.2) is 76.7 Å². The monoisotopic (exact) mass is 963 g/mol. The number of hydrogen-bond donors (Lipinski definition) is 3. The van der Waals surface area contributed by atoms with Crippen molar-refractivity contribution < 1.29 is 16.8 Å². The Labute approximate surface area is 384 Å². The number of halogens is 1. The number of aromatic nitrogens is 12. The summed E-state index contributed by atoms with van der Waals surface area (Å²) in [5.74, 6) is 0.418. The molecule has 0 saturated carbocycles. The highest BCUT2D eigenvalue weighted by molar-refractivity contribution is 7.94. The van der Waals surface area contributed by atoms with E-state index in [4.69, 9.17) is 17.3 Å². The number of benzene rings is 2. The smallest absolute Gasteiger partial charge is 0.291 e. The fourth-order valence-corrected chi connectivity index (χ4v) is 10.2. The number of nitrogens with one attached hydrogen (secondary N) is 2. The number of sulfone groups is 1. The Kier molecular flexibility index (Phi) is 13.1. The van der Waals surface area contributed by atoms with Crippen molar-refractivity contribution in [2.45, 2.75) is 14.4 Å². The molecule has 328 valence electrons. The molecule has 0 aliphatic carbocycles. The highest BCUT2D eigenvalue weighted by Crippen LogP contribution is 2.28. The maximum absolute atomic E-state index is 12.6. The largest absolute Gasteiger partial charge is 0.374 e. The van der Waals surface area contributed by atoms with Crippen LogP contribution in [0, 0.1) is 0 Å². The Morgan fingerprint density at radius 1 is 0.631 bits per heavy atom. The molecular formula is C41H34ClN15O4S4. The van der Waals surface area contributed by atoms with E-state index in [1.54, 1.807) is 94.7 Å². The Hall–Kier alpha value is -7.31. The summed E-state index contributed by atoms with van der Waals surface area (Å²) in [6, 6.07) is 28.6. The number of sulfonamides is 1. The number of pyridine rings is 4. The lowest BCUT2D eigenvalue weighted by Gasteiger charge is -2.05. The second-order valence-corrected chi connectivity index (χ2v) is 20.2. The van der Waals surface area contributed by atoms with Gasteiger partial charge in [0.05, 0.1) is 40.2 Å². The molecule has 0 fully saturated rings. The van der Waals surface area contributed by atoms with Gasteiger partial charge in [-0.3, -0.25) is 24.1 Å². The molecule has 0 aliphatic heterocycles. The van der Waals surface area contributed by atoms with Crippen molar-refractivity contribution >= 4 is 98.0 Å². The second kappa shape index (κ2) is 19.2. The molecule has 0 unspecified atom stereocenters. The van der Waals surface area contributed by atoms with Crippen molar-refractivity contribution in [1.82, 2.24) is 59.9 Å². The van der Waals surface area contributed by atoms with Gasteiger partial charge in [0, 0.05) is 66.8 Å². The fraction of sp³-hybridized carbons (Fsp3) is 0.0732. The Morgan fingerprint density at radius 3 is 1.80 bits per heavy atom. The molecule has 0 atom stereocenters. The van der Waals surface area contributed by atoms with Crippen molar-refractivity contribution in [2.24, 2.45) is 14.1 Å². The molecule has 0 bridgehead atoms. The van der Waals surface area contributed by atoms with Crippen molar-refractivity contribution in [3.63, 3.8) is 0 Å². The molecule has 0 spiro atoms. The predicted octanol–water partition coefficient (Wildman–Crippen LogP) is 7.20. The van der Waals surface area contributed by atoms with E-state index in [9.17, 15) is 16.8 Å². The Morgan fingerprint density at radius 2 is 1.22 bits per heavy atom. The fourth-order valence-electron chi connectivity index (χ4n) is 5.90. The van der Waals surface area contributed by atoms with Gasteiger partial charge in [0.15, 0.2) is 0 Å². The van der Waals surface area contributed by atoms with Crippen LogP contribution < -0.4 is 15.8 Å². The molecule has 0 radical (unpaired) electrons. The molecule has 10 rings (SSSR count). The van der Waals surface area contributed by atoms with Gasteiger partial charge in [-0.15, -0.1) is 20.4 Å². The van der Waals surface area contributed by atoms with Crippen LogP contribution in [0.15, 0.2) is 143 Å². The summed E-state index contributed by atoms with van der Waals surface area (Å²) < 4.78 is 54.6. The minimum atomic E-state index is -3.84. The van der Waals surface area contributed by atoms with Gasteiger partial charge in [-0.05, 0) is 54.1 Å². The normalized spacial score (nSPS) is 11.4. The maximum Gasteiger partial charge on any atom is 0.291 e. The number of nitrogen functional groups attached to an aromatic ring is 1. The van der Waals surface area contributed by atoms with Gasteiger partial charge >= 0.3 is 0 Å². The SMILES string of the molecule is Cn1cc(-c2cnc3ccc(Cl)nc3c2)cn1.Cn1cc(-c2cnc3ccc(Nc4nnc(S(=O)(=O)Nc5ccccc5)s4)nc3c2)cn1.Nc1nnc(S(=O)(=O)Cc2ccccc2)s1. The standard InChI is InChI=1S/C20H16N8O2S2.C12H9ClN4.C9H9N3O2S2/c1-28-12-14(11-22-28)13-9-17-16(21-10-13)7-8-18(23-17)24-19-25-26-20(31-19)32(29,30)27-15-5-3-2-4-6-15;1-17-7-9(6-15-17)8-4-11-10(14-5-8)2-3-12(13)16-11;10-8-11-12-9(15-8)16(13,14)6-7-4-2-1-3-5-7/h2-12,27H,1H3,(H,23,24,25);2-7H,1H3;1-5H,6H2,(H2,10,11). The van der Waals surface area contributed by atoms with Crippen molar-refractivity contribution in [2.75, 3.05) is 15.8 Å². The number of nitrogens with two attached hydrogens (primary N) is 1. The average Bonchev–Trinajstić information content (AvgIpc) is 4.14. The number of rotatable bonds is 10. The molecule has 8 heterocycles. The van der Waals surface area contributed by atoms with Crippen LogP contribution in [0.3, 0.4) is 0 Å². The molecule has 24 heteroatoms. The molecule has 0 amide bonds. The first-order valence-corrected chi connectivity index (χ1v) is 24.1. The summed E-state index contributed by atoms with van der Waals surface area (Å²) in [7, 11) is -3.53. The first-order chi connectivity index (χ1) is 31.3. The topological polar surface area (TPSA) is 257 Å². The summed E-state index contributed by atoms with van der Waals surface area (Å²) >= 11 is 7.66. The quantitative estimate of drug-likeness (QED) is 0.114. The van der Waals surface area contributed by atoms with Gasteiger partial charge in [0.25, 0.3) is 14.4 Å². The molecule has 0 aliphatic rings. The van der Waals surface area contributed by atoms with E-state index in [2.05, 4.69) is 60.6 Å². The highest BCUT2D eigenvalue weighted by atomic mass is 35.5. The van der Waals surface area contributed by atoms with Crippen molar-refractivity contribution in [3.05, 3.63) is 145 Å². The summed E-state index contributed by atoms with van der Waals surface area (Å²) in [6.45, 7) is 0. The van der Waals surface area contributed by atoms with Crippen LogP contribution in [-0.2, 0) is 39.7 Å². The van der Waals surface area contributed by atoms with Crippen molar-refractivity contribution in [3.8, 4) is 22.3 Å². The molecule has 19 nitrogen and oxygen atoms in total. The van der Waals surface area contributed by atoms with Crippen LogP contribution in [0.4, 0.5) is 21.8 Å². The highest BCUT2D eigenvalue weighted by Gasteiger charge is 2.22. The van der Waals surface area contributed by atoms with E-state index < -0.39 is 19.9 Å². The number of fused-ring (bicyclic) bond motifs is 2. The third-order valence-corrected chi connectivity index (χ3v) is 14.6. The lowest BCUT2D eigenvalue weighted by molar-refractivity contribution is 0.593. The Balaban J connectivity index is 0.000000147. The Bertz CT molecular complexity index is 3480. The molecule has 10 aromatic rings. The summed E-state index contributed by atoms with van der Waals surface area (Å²) in [4.78, 5) is 17.6. The van der Waals surface area contributed by atoms with Crippen LogP contribution >= 0.6 is 34.3 Å². The number of aryl methyl sites for hydroxylation is 2. The van der Waals surface area contributed by atoms with Crippen LogP contribution in [0.5, 0.6) is 0 Å². The van der Waals surface area contributed by atoms with E-state index in [0.29, 0.717) is 27.3 Å². The third-order valence-electron chi connectivity index (χ3n) is 8.90. The van der Waals surface area contributed by atoms with Gasteiger partial charge in [-0.2, -0.15) is 18.6 Å². The first kappa shape index (κ1) is 44.3. The van der Waals surface area contributed by atoms with Crippen LogP contribution in [0.1, 0.15) is 5.56 Å². The minimum Gasteiger partial charge on any atom is -0.374 e. The average molecular weight is 965 g/mol. The number of nitrogens with zero attached hydrogens (tertiary/aromatic N) is 12. The second-order valence-electron chi connectivity index (χ2n) is 13.8. The van der Waals surface area contributed by atoms with Crippen LogP contribution in [0.2, 0.25) is 5.15 Å². The lowest BCUT2D eigenvalue weighted by Crippen LogP contribution is -2.12. The van der Waals surface area contributed by atoms with E-state index in [1.165, 1.54) is 0 Å². The summed E-state index contributed by atoms with van der Waals surface area (Å²) in [6.07, 6.45) is 11.0. The number of para-hydroxylation sites is 1. The molecule has 0 saturated heterocycles. The zero-order chi connectivity index (χ0) is 45.6. The van der Waals surface area contributed by atoms with E-state index >= 15 is 0 Å². The number of hydrogen-bond acceptors (Lipinski definition) is 18. The van der Waals surface area contributed by atoms with E-state index in [-0.39, 0.29) is 19.6 Å². The molecule has 65 heavy (non-hydrogen) atoms. The molecule has 4 N–H and O–H groups in total. The zero-order valence-electron chi connectivity index (χ0n) is 34.0. The minimum absolute atomic E-state index is 0.0335. The van der Waals surface area contributed by atoms with Gasteiger partial charge in [0.2, 0.25) is 24.4 Å². The van der Waals surface area contributed by atoms with Crippen molar-refractivity contribution in [1.29, 1.82) is 0 Å².